The molecule has 2 aliphatic rings. The Kier molecular flexibility index (Phi) is 6.74. The number of carbonyl (C=O) groups excluding carboxylic acids is 1. The molecule has 2 aromatic rings. The molecule has 2 heterocycles. The molecule has 180 valence electrons. The van der Waals surface area contributed by atoms with Crippen molar-refractivity contribution in [2.75, 3.05) is 25.7 Å². The van der Waals surface area contributed by atoms with Gasteiger partial charge in [-0.2, -0.15) is 5.10 Å². The maximum Gasteiger partial charge on any atom is 0.299 e. The van der Waals surface area contributed by atoms with Gasteiger partial charge in [0.05, 0.1) is 25.2 Å². The van der Waals surface area contributed by atoms with Crippen LogP contribution in [0.15, 0.2) is 46.7 Å². The first-order valence-electron chi connectivity index (χ1n) is 11.2. The van der Waals surface area contributed by atoms with Gasteiger partial charge in [0.25, 0.3) is 5.24 Å². The number of carbonyl (C=O) groups is 1. The van der Waals surface area contributed by atoms with Crippen LogP contribution >= 0.6 is 11.8 Å². The fraction of sp³-hybridized carbons (Fsp3) is 0.400. The van der Waals surface area contributed by atoms with Gasteiger partial charge in [-0.1, -0.05) is 43.8 Å². The van der Waals surface area contributed by atoms with Gasteiger partial charge in [-0.15, -0.1) is 0 Å². The molecule has 2 aliphatic heterocycles. The van der Waals surface area contributed by atoms with Crippen LogP contribution in [0.3, 0.4) is 0 Å². The molecule has 2 aromatic carbocycles. The van der Waals surface area contributed by atoms with E-state index in [-0.39, 0.29) is 15.9 Å². The summed E-state index contributed by atoms with van der Waals surface area (Å²) in [5.74, 6) is 1.61. The Morgan fingerprint density at radius 2 is 2.00 bits per heavy atom. The van der Waals surface area contributed by atoms with Gasteiger partial charge in [-0.25, -0.2) is 5.43 Å². The smallest absolute Gasteiger partial charge is 0.299 e. The van der Waals surface area contributed by atoms with Crippen molar-refractivity contribution in [3.05, 3.63) is 53.1 Å². The average Bonchev–Trinajstić information content (AvgIpc) is 2.85. The first kappa shape index (κ1) is 23.9. The topological polar surface area (TPSA) is 95.8 Å². The van der Waals surface area contributed by atoms with Gasteiger partial charge in [0.15, 0.2) is 17.3 Å². The van der Waals surface area contributed by atoms with Gasteiger partial charge in [0, 0.05) is 17.8 Å². The molecule has 1 atom stereocenters. The Balaban J connectivity index is 1.77. The number of methoxy groups -OCH3 is 2. The van der Waals surface area contributed by atoms with Crippen molar-refractivity contribution in [1.82, 2.24) is 5.43 Å². The fourth-order valence-electron chi connectivity index (χ4n) is 4.50. The average molecular weight is 483 g/mol. The summed E-state index contributed by atoms with van der Waals surface area (Å²) < 4.78 is 10.8. The Hall–Kier alpha value is -3.20. The summed E-state index contributed by atoms with van der Waals surface area (Å²) in [5, 5.41) is 18.0. The van der Waals surface area contributed by atoms with Crippen molar-refractivity contribution in [2.24, 2.45) is 10.3 Å². The standard InChI is InChI=1S/C25H30N4O4S/c1-6-21-22(26-27-24(30)34-21)15-7-9-18-17(13-15)25(2,3)11-12-29(18)23(28-31)16-8-10-19(32-4)20(14-16)33-5/h7-10,13-14,21,31H,6,11-12H2,1-5H3,(H,27,30)/b28-23-. The van der Waals surface area contributed by atoms with Crippen LogP contribution in [0.5, 0.6) is 11.5 Å². The number of oxime groups is 1. The molecule has 8 nitrogen and oxygen atoms in total. The predicted molar refractivity (Wildman–Crippen MR) is 136 cm³/mol. The lowest BCUT2D eigenvalue weighted by atomic mass is 9.76. The molecule has 0 spiro atoms. The van der Waals surface area contributed by atoms with Crippen molar-refractivity contribution >= 4 is 34.2 Å². The number of ether oxygens (including phenoxy) is 2. The molecule has 34 heavy (non-hydrogen) atoms. The highest BCUT2D eigenvalue weighted by molar-refractivity contribution is 8.14. The molecule has 0 aromatic heterocycles. The number of hydrazone groups is 1. The predicted octanol–water partition coefficient (Wildman–Crippen LogP) is 4.97. The van der Waals surface area contributed by atoms with Crippen molar-refractivity contribution in [3.8, 4) is 11.5 Å². The SMILES string of the molecule is CCC1SC(=O)NN=C1c1ccc2c(c1)C(C)(C)CCN2/C(=N\O)c1ccc(OC)c(OC)c1. The van der Waals surface area contributed by atoms with E-state index in [1.54, 1.807) is 20.3 Å². The van der Waals surface area contributed by atoms with E-state index in [9.17, 15) is 10.0 Å². The van der Waals surface area contributed by atoms with Crippen LogP contribution in [0, 0.1) is 0 Å². The van der Waals surface area contributed by atoms with Gasteiger partial charge in [0.1, 0.15) is 0 Å². The molecule has 1 unspecified atom stereocenters. The fourth-order valence-corrected chi connectivity index (χ4v) is 5.32. The molecule has 0 radical (unpaired) electrons. The van der Waals surface area contributed by atoms with E-state index in [1.165, 1.54) is 11.8 Å². The Labute approximate surface area is 204 Å². The van der Waals surface area contributed by atoms with Crippen LogP contribution in [-0.2, 0) is 5.41 Å². The van der Waals surface area contributed by atoms with Crippen molar-refractivity contribution in [3.63, 3.8) is 0 Å². The van der Waals surface area contributed by atoms with Gasteiger partial charge < -0.3 is 19.6 Å². The van der Waals surface area contributed by atoms with E-state index < -0.39 is 0 Å². The monoisotopic (exact) mass is 482 g/mol. The van der Waals surface area contributed by atoms with Crippen molar-refractivity contribution in [2.45, 2.75) is 44.3 Å². The zero-order valence-electron chi connectivity index (χ0n) is 20.1. The van der Waals surface area contributed by atoms with Crippen LogP contribution in [0.1, 0.15) is 50.3 Å². The van der Waals surface area contributed by atoms with Gasteiger partial charge in [-0.05, 0) is 59.7 Å². The molecule has 0 bridgehead atoms. The molecule has 2 N–H and O–H groups in total. The molecule has 0 aliphatic carbocycles. The van der Waals surface area contributed by atoms with Crippen molar-refractivity contribution in [1.29, 1.82) is 0 Å². The van der Waals surface area contributed by atoms with E-state index in [2.05, 4.69) is 42.5 Å². The minimum Gasteiger partial charge on any atom is -0.493 e. The highest BCUT2D eigenvalue weighted by Gasteiger charge is 2.35. The maximum absolute atomic E-state index is 11.8. The van der Waals surface area contributed by atoms with Crippen LogP contribution in [0.4, 0.5) is 10.5 Å². The minimum atomic E-state index is -0.126. The summed E-state index contributed by atoms with van der Waals surface area (Å²) in [7, 11) is 3.17. The summed E-state index contributed by atoms with van der Waals surface area (Å²) >= 11 is 1.27. The summed E-state index contributed by atoms with van der Waals surface area (Å²) in [5.41, 5.74) is 7.20. The summed E-state index contributed by atoms with van der Waals surface area (Å²) in [6.45, 7) is 7.19. The van der Waals surface area contributed by atoms with Crippen molar-refractivity contribution < 1.29 is 19.5 Å². The second-order valence-electron chi connectivity index (χ2n) is 8.92. The first-order valence-corrected chi connectivity index (χ1v) is 12.1. The minimum absolute atomic E-state index is 0.0101. The third kappa shape index (κ3) is 4.32. The number of fused-ring (bicyclic) bond motifs is 1. The number of amides is 1. The van der Waals surface area contributed by atoms with Crippen LogP contribution in [0.25, 0.3) is 0 Å². The van der Waals surface area contributed by atoms with E-state index in [0.717, 1.165) is 40.9 Å². The zero-order chi connectivity index (χ0) is 24.5. The number of hydrogen-bond acceptors (Lipinski definition) is 7. The molecule has 0 fully saturated rings. The normalized spacial score (nSPS) is 19.7. The maximum atomic E-state index is 11.8. The molecule has 9 heteroatoms. The van der Waals surface area contributed by atoms with Gasteiger partial charge in [0.2, 0.25) is 0 Å². The highest BCUT2D eigenvalue weighted by Crippen LogP contribution is 2.42. The lowest BCUT2D eigenvalue weighted by Crippen LogP contribution is -2.42. The Bertz CT molecular complexity index is 1160. The molecular formula is C25H30N4O4S. The number of nitrogens with one attached hydrogen (secondary N) is 1. The second kappa shape index (κ2) is 9.58. The van der Waals surface area contributed by atoms with Gasteiger partial charge in [-0.3, -0.25) is 4.79 Å². The lowest BCUT2D eigenvalue weighted by molar-refractivity contribution is 0.260. The molecule has 4 rings (SSSR count). The molecule has 0 saturated carbocycles. The number of anilines is 1. The molecular weight excluding hydrogens is 452 g/mol. The Morgan fingerprint density at radius 1 is 1.24 bits per heavy atom. The van der Waals surface area contributed by atoms with E-state index in [1.807, 2.05) is 29.2 Å². The van der Waals surface area contributed by atoms with E-state index in [0.29, 0.717) is 23.9 Å². The molecule has 1 amide bonds. The van der Waals surface area contributed by atoms with Crippen LogP contribution < -0.4 is 19.8 Å². The quantitative estimate of drug-likeness (QED) is 0.270. The largest absolute Gasteiger partial charge is 0.493 e. The summed E-state index contributed by atoms with van der Waals surface area (Å²) in [6, 6.07) is 11.7. The number of hydrogen-bond donors (Lipinski definition) is 2. The number of rotatable bonds is 5. The summed E-state index contributed by atoms with van der Waals surface area (Å²) in [4.78, 5) is 13.8. The lowest BCUT2D eigenvalue weighted by Gasteiger charge is -2.40. The van der Waals surface area contributed by atoms with Crippen LogP contribution in [-0.4, -0.2) is 48.0 Å². The Morgan fingerprint density at radius 3 is 2.68 bits per heavy atom. The van der Waals surface area contributed by atoms with E-state index >= 15 is 0 Å². The van der Waals surface area contributed by atoms with E-state index in [4.69, 9.17) is 9.47 Å². The third-order valence-electron chi connectivity index (χ3n) is 6.46. The number of amidine groups is 1. The third-order valence-corrected chi connectivity index (χ3v) is 7.60. The second-order valence-corrected chi connectivity index (χ2v) is 10.1. The summed E-state index contributed by atoms with van der Waals surface area (Å²) in [6.07, 6.45) is 1.68. The number of thioether (sulfide) groups is 1. The number of benzene rings is 2. The molecule has 0 saturated heterocycles. The highest BCUT2D eigenvalue weighted by atomic mass is 32.2. The first-order chi connectivity index (χ1) is 16.3. The zero-order valence-corrected chi connectivity index (χ0v) is 20.9. The van der Waals surface area contributed by atoms with Gasteiger partial charge >= 0.3 is 0 Å². The number of nitrogens with zero attached hydrogens (tertiary/aromatic N) is 3. The van der Waals surface area contributed by atoms with Crippen LogP contribution in [0.2, 0.25) is 0 Å².